The quantitative estimate of drug-likeness (QED) is 0.511. The molecule has 0 unspecified atom stereocenters. The van der Waals surface area contributed by atoms with Gasteiger partial charge in [0.2, 0.25) is 0 Å². The minimum absolute atomic E-state index is 0.167. The van der Waals surface area contributed by atoms with Gasteiger partial charge in [0.1, 0.15) is 0 Å². The van der Waals surface area contributed by atoms with E-state index in [1.807, 2.05) is 0 Å². The monoisotopic (exact) mass is 130 g/mol. The van der Waals surface area contributed by atoms with Crippen LogP contribution in [0.1, 0.15) is 13.8 Å². The smallest absolute Gasteiger partial charge is 0.0669 e. The highest BCUT2D eigenvalue weighted by Crippen LogP contribution is 2.11. The molecular weight excluding hydrogens is 112 g/mol. The van der Waals surface area contributed by atoms with Crippen molar-refractivity contribution in [3.05, 3.63) is 0 Å². The molecule has 56 valence electrons. The molecule has 0 aromatic heterocycles. The molecule has 2 nitrogen and oxygen atoms in total. The molecule has 0 rings (SSSR count). The van der Waals surface area contributed by atoms with Gasteiger partial charge in [-0.15, -0.1) is 0 Å². The van der Waals surface area contributed by atoms with Crippen LogP contribution in [-0.4, -0.2) is 43.7 Å². The molecule has 0 aliphatic heterocycles. The largest absolute Gasteiger partial charge is 0.292 e. The molecule has 0 amide bonds. The Kier molecular flexibility index (Phi) is 2.65. The number of hydrogen-bond donors (Lipinski definition) is 0. The summed E-state index contributed by atoms with van der Waals surface area (Å²) in [5.74, 6) is 0. The van der Waals surface area contributed by atoms with E-state index >= 15 is 0 Å². The SMILES string of the molecule is CN(C)C(C)(C)N(C)C. The lowest BCUT2D eigenvalue weighted by atomic mass is 10.2. The first-order chi connectivity index (χ1) is 3.89. The highest BCUT2D eigenvalue weighted by atomic mass is 15.3. The summed E-state index contributed by atoms with van der Waals surface area (Å²) in [7, 11) is 8.33. The van der Waals surface area contributed by atoms with E-state index in [1.54, 1.807) is 0 Å². The Morgan fingerprint density at radius 1 is 0.778 bits per heavy atom. The summed E-state index contributed by atoms with van der Waals surface area (Å²) in [4.78, 5) is 4.38. The molecule has 0 spiro atoms. The summed E-state index contributed by atoms with van der Waals surface area (Å²) < 4.78 is 0. The summed E-state index contributed by atoms with van der Waals surface area (Å²) in [6.07, 6.45) is 0. The van der Waals surface area contributed by atoms with Crippen molar-refractivity contribution in [2.45, 2.75) is 19.5 Å². The third-order valence-corrected chi connectivity index (χ3v) is 2.19. The van der Waals surface area contributed by atoms with Crippen molar-refractivity contribution in [2.75, 3.05) is 28.2 Å². The van der Waals surface area contributed by atoms with Crippen LogP contribution in [0.15, 0.2) is 0 Å². The van der Waals surface area contributed by atoms with Crippen LogP contribution >= 0.6 is 0 Å². The Labute approximate surface area is 58.4 Å². The van der Waals surface area contributed by atoms with Gasteiger partial charge in [-0.1, -0.05) is 0 Å². The minimum Gasteiger partial charge on any atom is -0.292 e. The first-order valence-electron chi connectivity index (χ1n) is 3.24. The zero-order valence-corrected chi connectivity index (χ0v) is 7.39. The molecule has 0 radical (unpaired) electrons. The highest BCUT2D eigenvalue weighted by molar-refractivity contribution is 4.72. The van der Waals surface area contributed by atoms with Crippen molar-refractivity contribution in [1.29, 1.82) is 0 Å². The summed E-state index contributed by atoms with van der Waals surface area (Å²) in [5, 5.41) is 0. The molecular formula is C7H18N2. The molecule has 0 bridgehead atoms. The maximum absolute atomic E-state index is 2.19. The average molecular weight is 130 g/mol. The van der Waals surface area contributed by atoms with Crippen LogP contribution < -0.4 is 0 Å². The van der Waals surface area contributed by atoms with Crippen LogP contribution in [0.4, 0.5) is 0 Å². The molecule has 0 saturated carbocycles. The Morgan fingerprint density at radius 2 is 1.00 bits per heavy atom. The van der Waals surface area contributed by atoms with Crippen molar-refractivity contribution in [2.24, 2.45) is 0 Å². The minimum atomic E-state index is 0.167. The maximum Gasteiger partial charge on any atom is 0.0669 e. The Bertz CT molecular complexity index is 74.9. The number of nitrogens with zero attached hydrogens (tertiary/aromatic N) is 2. The fourth-order valence-electron chi connectivity index (χ4n) is 0.400. The zero-order chi connectivity index (χ0) is 7.65. The van der Waals surface area contributed by atoms with Crippen molar-refractivity contribution < 1.29 is 0 Å². The van der Waals surface area contributed by atoms with E-state index in [4.69, 9.17) is 0 Å². The van der Waals surface area contributed by atoms with Crippen molar-refractivity contribution >= 4 is 0 Å². The van der Waals surface area contributed by atoms with Crippen LogP contribution in [0.5, 0.6) is 0 Å². The fraction of sp³-hybridized carbons (Fsp3) is 1.00. The van der Waals surface area contributed by atoms with Crippen LogP contribution in [0.2, 0.25) is 0 Å². The van der Waals surface area contributed by atoms with Crippen LogP contribution in [0.25, 0.3) is 0 Å². The van der Waals surface area contributed by atoms with Crippen LogP contribution in [-0.2, 0) is 0 Å². The molecule has 2 heteroatoms. The second-order valence-electron chi connectivity index (χ2n) is 3.28. The third-order valence-electron chi connectivity index (χ3n) is 2.19. The summed E-state index contributed by atoms with van der Waals surface area (Å²) in [6.45, 7) is 4.38. The molecule has 9 heavy (non-hydrogen) atoms. The normalized spacial score (nSPS) is 13.3. The van der Waals surface area contributed by atoms with Gasteiger partial charge in [0.15, 0.2) is 0 Å². The maximum atomic E-state index is 2.19. The molecule has 0 heterocycles. The molecule has 0 aliphatic rings. The fourth-order valence-corrected chi connectivity index (χ4v) is 0.400. The first kappa shape index (κ1) is 8.92. The van der Waals surface area contributed by atoms with E-state index in [1.165, 1.54) is 0 Å². The van der Waals surface area contributed by atoms with Gasteiger partial charge in [0.25, 0.3) is 0 Å². The zero-order valence-electron chi connectivity index (χ0n) is 7.39. The van der Waals surface area contributed by atoms with Gasteiger partial charge in [-0.05, 0) is 42.0 Å². The van der Waals surface area contributed by atoms with Crippen LogP contribution in [0, 0.1) is 0 Å². The molecule has 0 atom stereocenters. The molecule has 0 aromatic carbocycles. The molecule has 0 fully saturated rings. The van der Waals surface area contributed by atoms with Gasteiger partial charge in [-0.3, -0.25) is 9.80 Å². The number of rotatable bonds is 2. The predicted octanol–water partition coefficient (Wildman–Crippen LogP) is 0.846. The van der Waals surface area contributed by atoms with E-state index in [0.29, 0.717) is 0 Å². The second kappa shape index (κ2) is 2.67. The molecule has 0 saturated heterocycles. The lowest BCUT2D eigenvalue weighted by Crippen LogP contribution is -2.49. The Balaban J connectivity index is 4.01. The lowest BCUT2D eigenvalue weighted by Gasteiger charge is -2.38. The average Bonchev–Trinajstić information content (AvgIpc) is 1.65. The van der Waals surface area contributed by atoms with Gasteiger partial charge < -0.3 is 0 Å². The standard InChI is InChI=1S/C7H18N2/c1-7(2,8(3)4)9(5)6/h1-6H3. The molecule has 0 aromatic rings. The van der Waals surface area contributed by atoms with Gasteiger partial charge in [-0.2, -0.15) is 0 Å². The van der Waals surface area contributed by atoms with Crippen LogP contribution in [0.3, 0.4) is 0 Å². The van der Waals surface area contributed by atoms with Gasteiger partial charge in [0.05, 0.1) is 5.66 Å². The third kappa shape index (κ3) is 1.95. The van der Waals surface area contributed by atoms with E-state index in [0.717, 1.165) is 0 Å². The van der Waals surface area contributed by atoms with E-state index < -0.39 is 0 Å². The second-order valence-corrected chi connectivity index (χ2v) is 3.28. The van der Waals surface area contributed by atoms with Crippen molar-refractivity contribution in [1.82, 2.24) is 9.80 Å². The topological polar surface area (TPSA) is 6.48 Å². The summed E-state index contributed by atoms with van der Waals surface area (Å²) >= 11 is 0. The lowest BCUT2D eigenvalue weighted by molar-refractivity contribution is 0.0400. The van der Waals surface area contributed by atoms with Gasteiger partial charge in [0, 0.05) is 0 Å². The summed E-state index contributed by atoms with van der Waals surface area (Å²) in [5.41, 5.74) is 0.167. The first-order valence-corrected chi connectivity index (χ1v) is 3.24. The highest BCUT2D eigenvalue weighted by Gasteiger charge is 2.21. The van der Waals surface area contributed by atoms with Crippen molar-refractivity contribution in [3.63, 3.8) is 0 Å². The Hall–Kier alpha value is -0.0800. The van der Waals surface area contributed by atoms with E-state index in [9.17, 15) is 0 Å². The summed E-state index contributed by atoms with van der Waals surface area (Å²) in [6, 6.07) is 0. The molecule has 0 N–H and O–H groups in total. The molecule has 0 aliphatic carbocycles. The van der Waals surface area contributed by atoms with Gasteiger partial charge >= 0.3 is 0 Å². The van der Waals surface area contributed by atoms with Gasteiger partial charge in [-0.25, -0.2) is 0 Å². The number of hydrogen-bond acceptors (Lipinski definition) is 2. The van der Waals surface area contributed by atoms with Crippen molar-refractivity contribution in [3.8, 4) is 0 Å². The predicted molar refractivity (Wildman–Crippen MR) is 41.5 cm³/mol. The van der Waals surface area contributed by atoms with E-state index in [2.05, 4.69) is 51.8 Å². The Morgan fingerprint density at radius 3 is 1.00 bits per heavy atom. The van der Waals surface area contributed by atoms with E-state index in [-0.39, 0.29) is 5.66 Å².